The van der Waals surface area contributed by atoms with Gasteiger partial charge in [-0.25, -0.2) is 0 Å². The second-order valence-electron chi connectivity index (χ2n) is 8.35. The van der Waals surface area contributed by atoms with E-state index < -0.39 is 13.5 Å². The lowest BCUT2D eigenvalue weighted by Crippen LogP contribution is -2.26. The first-order valence-corrected chi connectivity index (χ1v) is 12.2. The number of aliphatic hydroxyl groups is 1. The van der Waals surface area contributed by atoms with Crippen LogP contribution in [0.1, 0.15) is 52.9 Å². The average molecular weight is 329 g/mol. The summed E-state index contributed by atoms with van der Waals surface area (Å²) in [7, 11) is -1.21. The van der Waals surface area contributed by atoms with Gasteiger partial charge in [-0.1, -0.05) is 38.6 Å². The first-order chi connectivity index (χ1) is 10.1. The van der Waals surface area contributed by atoms with Crippen LogP contribution in [0.2, 0.25) is 25.7 Å². The number of esters is 1. The molecule has 0 aromatic carbocycles. The molecule has 0 saturated heterocycles. The lowest BCUT2D eigenvalue weighted by molar-refractivity contribution is -0.151. The Labute approximate surface area is 138 Å². The lowest BCUT2D eigenvalue weighted by atomic mass is 9.97. The number of carbonyl (C=O) groups excluding carboxylic acids is 1. The molecular weight excluding hydrogens is 292 g/mol. The summed E-state index contributed by atoms with van der Waals surface area (Å²) < 4.78 is 5.49. The van der Waals surface area contributed by atoms with E-state index >= 15 is 0 Å². The second kappa shape index (κ2) is 10.2. The molecule has 22 heavy (non-hydrogen) atoms. The molecule has 0 aliphatic rings. The molecule has 0 rings (SSSR count). The Morgan fingerprint density at radius 2 is 1.68 bits per heavy atom. The van der Waals surface area contributed by atoms with E-state index in [-0.39, 0.29) is 5.97 Å². The standard InChI is InChI=1S/C18H36O3Si/c1-18(2,3)17(20)21-14-16(15-22(4,5)6)12-10-8-7-9-11-13-19/h12,19H,7-11,13-15H2,1-6H3/b16-12-. The minimum Gasteiger partial charge on any atom is -0.461 e. The number of hydrogen-bond donors (Lipinski definition) is 1. The third-order valence-corrected chi connectivity index (χ3v) is 4.82. The van der Waals surface area contributed by atoms with Gasteiger partial charge < -0.3 is 9.84 Å². The molecule has 0 aromatic rings. The van der Waals surface area contributed by atoms with Crippen molar-refractivity contribution in [1.29, 1.82) is 0 Å². The number of rotatable bonds is 10. The molecule has 0 radical (unpaired) electrons. The van der Waals surface area contributed by atoms with E-state index in [9.17, 15) is 4.79 Å². The Kier molecular flexibility index (Phi) is 9.93. The molecule has 0 heterocycles. The summed E-state index contributed by atoms with van der Waals surface area (Å²) in [6, 6.07) is 1.08. The van der Waals surface area contributed by atoms with Crippen molar-refractivity contribution < 1.29 is 14.6 Å². The number of unbranched alkanes of at least 4 members (excludes halogenated alkanes) is 4. The highest BCUT2D eigenvalue weighted by Gasteiger charge is 2.24. The van der Waals surface area contributed by atoms with Gasteiger partial charge in [-0.3, -0.25) is 4.79 Å². The van der Waals surface area contributed by atoms with E-state index in [1.54, 1.807) is 0 Å². The zero-order valence-corrected chi connectivity index (χ0v) is 16.5. The first kappa shape index (κ1) is 21.4. The van der Waals surface area contributed by atoms with Crippen molar-refractivity contribution in [3.05, 3.63) is 11.6 Å². The summed E-state index contributed by atoms with van der Waals surface area (Å²) in [6.07, 6.45) is 7.59. The number of aliphatic hydroxyl groups excluding tert-OH is 1. The predicted octanol–water partition coefficient (Wildman–Crippen LogP) is 4.78. The van der Waals surface area contributed by atoms with Gasteiger partial charge in [-0.2, -0.15) is 0 Å². The van der Waals surface area contributed by atoms with Crippen molar-refractivity contribution in [3.8, 4) is 0 Å². The van der Waals surface area contributed by atoms with E-state index in [2.05, 4.69) is 25.7 Å². The SMILES string of the molecule is CC(C)(C)C(=O)OC/C(=C/CCCCCCO)C[Si](C)(C)C. The Balaban J connectivity index is 4.40. The molecule has 0 bridgehead atoms. The molecule has 0 fully saturated rings. The summed E-state index contributed by atoms with van der Waals surface area (Å²) in [5.74, 6) is -0.128. The van der Waals surface area contributed by atoms with E-state index in [1.165, 1.54) is 5.57 Å². The Morgan fingerprint density at radius 1 is 1.09 bits per heavy atom. The fourth-order valence-electron chi connectivity index (χ4n) is 2.15. The van der Waals surface area contributed by atoms with E-state index in [0.29, 0.717) is 13.2 Å². The average Bonchev–Trinajstić information content (AvgIpc) is 2.36. The topological polar surface area (TPSA) is 46.5 Å². The zero-order valence-electron chi connectivity index (χ0n) is 15.5. The largest absolute Gasteiger partial charge is 0.461 e. The van der Waals surface area contributed by atoms with E-state index in [1.807, 2.05) is 20.8 Å². The molecule has 1 N–H and O–H groups in total. The van der Waals surface area contributed by atoms with Crippen molar-refractivity contribution in [1.82, 2.24) is 0 Å². The summed E-state index contributed by atoms with van der Waals surface area (Å²) in [5, 5.41) is 8.77. The van der Waals surface area contributed by atoms with Gasteiger partial charge in [0.25, 0.3) is 0 Å². The highest BCUT2D eigenvalue weighted by Crippen LogP contribution is 2.20. The van der Waals surface area contributed by atoms with Crippen LogP contribution in [0.3, 0.4) is 0 Å². The minimum absolute atomic E-state index is 0.128. The zero-order chi connectivity index (χ0) is 17.2. The fraction of sp³-hybridized carbons (Fsp3) is 0.833. The monoisotopic (exact) mass is 328 g/mol. The van der Waals surface area contributed by atoms with Crippen LogP contribution < -0.4 is 0 Å². The number of allylic oxidation sites excluding steroid dienone is 1. The van der Waals surface area contributed by atoms with Crippen LogP contribution >= 0.6 is 0 Å². The van der Waals surface area contributed by atoms with Crippen molar-refractivity contribution >= 4 is 14.0 Å². The van der Waals surface area contributed by atoms with E-state index in [4.69, 9.17) is 9.84 Å². The van der Waals surface area contributed by atoms with Gasteiger partial charge in [-0.05, 0) is 51.7 Å². The maximum atomic E-state index is 11.9. The van der Waals surface area contributed by atoms with Crippen LogP contribution in [0.25, 0.3) is 0 Å². The molecule has 130 valence electrons. The highest BCUT2D eigenvalue weighted by atomic mass is 28.3. The van der Waals surface area contributed by atoms with Crippen molar-refractivity contribution in [2.24, 2.45) is 5.41 Å². The molecule has 0 atom stereocenters. The minimum atomic E-state index is -1.21. The molecule has 0 saturated carbocycles. The second-order valence-corrected chi connectivity index (χ2v) is 13.8. The maximum absolute atomic E-state index is 11.9. The van der Waals surface area contributed by atoms with Gasteiger partial charge in [0.1, 0.15) is 6.61 Å². The Morgan fingerprint density at radius 3 is 2.18 bits per heavy atom. The van der Waals surface area contributed by atoms with Gasteiger partial charge in [0, 0.05) is 14.7 Å². The first-order valence-electron chi connectivity index (χ1n) is 8.52. The molecule has 0 spiro atoms. The molecule has 0 aliphatic heterocycles. The Hall–Kier alpha value is -0.613. The van der Waals surface area contributed by atoms with Gasteiger partial charge in [0.05, 0.1) is 5.41 Å². The number of ether oxygens (including phenoxy) is 1. The van der Waals surface area contributed by atoms with Crippen LogP contribution in [0, 0.1) is 5.41 Å². The Bertz CT molecular complexity index is 348. The fourth-order valence-corrected chi connectivity index (χ4v) is 3.76. The number of hydrogen-bond acceptors (Lipinski definition) is 3. The molecule has 0 amide bonds. The third kappa shape index (κ3) is 12.0. The van der Waals surface area contributed by atoms with Crippen LogP contribution in [-0.4, -0.2) is 32.4 Å². The van der Waals surface area contributed by atoms with Gasteiger partial charge in [-0.15, -0.1) is 0 Å². The van der Waals surface area contributed by atoms with Gasteiger partial charge in [0.15, 0.2) is 0 Å². The molecule has 3 nitrogen and oxygen atoms in total. The molecule has 4 heteroatoms. The van der Waals surface area contributed by atoms with E-state index in [0.717, 1.165) is 38.1 Å². The quantitative estimate of drug-likeness (QED) is 0.272. The molecular formula is C18H36O3Si. The van der Waals surface area contributed by atoms with Crippen molar-refractivity contribution in [2.45, 2.75) is 78.6 Å². The van der Waals surface area contributed by atoms with Crippen LogP contribution in [0.15, 0.2) is 11.6 Å². The van der Waals surface area contributed by atoms with Gasteiger partial charge in [0.2, 0.25) is 0 Å². The molecule has 0 unspecified atom stereocenters. The normalized spacial score (nSPS) is 13.3. The molecule has 0 aromatic heterocycles. The van der Waals surface area contributed by atoms with Crippen molar-refractivity contribution in [3.63, 3.8) is 0 Å². The summed E-state index contributed by atoms with van der Waals surface area (Å²) in [6.45, 7) is 13.4. The highest BCUT2D eigenvalue weighted by molar-refractivity contribution is 6.76. The van der Waals surface area contributed by atoms with Crippen molar-refractivity contribution in [2.75, 3.05) is 13.2 Å². The predicted molar refractivity (Wildman–Crippen MR) is 96.8 cm³/mol. The summed E-state index contributed by atoms with van der Waals surface area (Å²) in [5.41, 5.74) is 0.841. The van der Waals surface area contributed by atoms with Crippen LogP contribution in [-0.2, 0) is 9.53 Å². The summed E-state index contributed by atoms with van der Waals surface area (Å²) >= 11 is 0. The maximum Gasteiger partial charge on any atom is 0.311 e. The molecule has 0 aliphatic carbocycles. The third-order valence-electron chi connectivity index (χ3n) is 3.30. The number of carbonyl (C=O) groups is 1. The van der Waals surface area contributed by atoms with Crippen LogP contribution in [0.5, 0.6) is 0 Å². The summed E-state index contributed by atoms with van der Waals surface area (Å²) in [4.78, 5) is 11.9. The lowest BCUT2D eigenvalue weighted by Gasteiger charge is -2.21. The smallest absolute Gasteiger partial charge is 0.311 e. The van der Waals surface area contributed by atoms with Crippen LogP contribution in [0.4, 0.5) is 0 Å². The van der Waals surface area contributed by atoms with Gasteiger partial charge >= 0.3 is 5.97 Å².